The molecule has 28 heavy (non-hydrogen) atoms. The summed E-state index contributed by atoms with van der Waals surface area (Å²) >= 11 is 0. The Bertz CT molecular complexity index is 1050. The summed E-state index contributed by atoms with van der Waals surface area (Å²) in [6.07, 6.45) is 5.40. The summed E-state index contributed by atoms with van der Waals surface area (Å²) in [5.41, 5.74) is 6.96. The van der Waals surface area contributed by atoms with Crippen molar-refractivity contribution in [2.75, 3.05) is 11.9 Å². The number of nitrogens with one attached hydrogen (secondary N) is 1. The molecule has 0 bridgehead atoms. The van der Waals surface area contributed by atoms with Crippen LogP contribution in [0.3, 0.4) is 0 Å². The van der Waals surface area contributed by atoms with Crippen molar-refractivity contribution in [3.63, 3.8) is 0 Å². The van der Waals surface area contributed by atoms with Crippen LogP contribution in [0.1, 0.15) is 5.56 Å². The number of fused-ring (bicyclic) bond motifs is 1. The highest BCUT2D eigenvalue weighted by molar-refractivity contribution is 5.78. The fraction of sp³-hybridized carbons (Fsp3) is 0.100. The zero-order valence-electron chi connectivity index (χ0n) is 14.8. The molecule has 3 aromatic rings. The van der Waals surface area contributed by atoms with Gasteiger partial charge in [0.15, 0.2) is 5.65 Å². The van der Waals surface area contributed by atoms with Gasteiger partial charge in [0.25, 0.3) is 0 Å². The Labute approximate surface area is 159 Å². The predicted molar refractivity (Wildman–Crippen MR) is 104 cm³/mol. The largest absolute Gasteiger partial charge is 0.416 e. The van der Waals surface area contributed by atoms with Crippen molar-refractivity contribution in [1.82, 2.24) is 14.6 Å². The summed E-state index contributed by atoms with van der Waals surface area (Å²) < 4.78 is 40.6. The van der Waals surface area contributed by atoms with Crippen LogP contribution in [0.4, 0.5) is 19.0 Å². The van der Waals surface area contributed by atoms with E-state index in [-0.39, 0.29) is 0 Å². The van der Waals surface area contributed by atoms with Crippen molar-refractivity contribution < 1.29 is 13.2 Å². The summed E-state index contributed by atoms with van der Waals surface area (Å²) in [5, 5.41) is 7.33. The van der Waals surface area contributed by atoms with Crippen molar-refractivity contribution in [3.05, 3.63) is 84.9 Å². The van der Waals surface area contributed by atoms with Gasteiger partial charge in [0.05, 0.1) is 11.8 Å². The molecule has 2 aromatic heterocycles. The minimum Gasteiger partial charge on any atom is -0.405 e. The third-order valence-corrected chi connectivity index (χ3v) is 3.99. The topological polar surface area (TPSA) is 68.2 Å². The highest BCUT2D eigenvalue weighted by Crippen LogP contribution is 2.33. The maximum Gasteiger partial charge on any atom is 0.416 e. The van der Waals surface area contributed by atoms with E-state index >= 15 is 0 Å². The molecule has 0 radical (unpaired) electrons. The van der Waals surface area contributed by atoms with Gasteiger partial charge in [-0.15, -0.1) is 0 Å². The van der Waals surface area contributed by atoms with Crippen LogP contribution in [0, 0.1) is 0 Å². The molecule has 8 heteroatoms. The zero-order chi connectivity index (χ0) is 20.1. The van der Waals surface area contributed by atoms with Crippen molar-refractivity contribution in [3.8, 4) is 11.1 Å². The van der Waals surface area contributed by atoms with E-state index in [2.05, 4.69) is 22.0 Å². The number of nitrogens with zero attached hydrogens (tertiary/aromatic N) is 3. The van der Waals surface area contributed by atoms with Crippen LogP contribution in [0.5, 0.6) is 0 Å². The van der Waals surface area contributed by atoms with Crippen LogP contribution in [0.15, 0.2) is 79.3 Å². The maximum absolute atomic E-state index is 13.0. The minimum absolute atomic E-state index is 0.396. The van der Waals surface area contributed by atoms with Gasteiger partial charge < -0.3 is 11.1 Å². The molecular formula is C20H18F3N5. The fourth-order valence-corrected chi connectivity index (χ4v) is 2.68. The quantitative estimate of drug-likeness (QED) is 0.617. The lowest BCUT2D eigenvalue weighted by Crippen LogP contribution is -2.06. The molecule has 1 aromatic carbocycles. The van der Waals surface area contributed by atoms with Crippen molar-refractivity contribution >= 4 is 11.5 Å². The van der Waals surface area contributed by atoms with Gasteiger partial charge in [-0.2, -0.15) is 18.3 Å². The molecule has 0 aliphatic heterocycles. The molecule has 144 valence electrons. The molecule has 0 aliphatic carbocycles. The molecule has 0 unspecified atom stereocenters. The first-order chi connectivity index (χ1) is 13.4. The molecule has 0 saturated heterocycles. The number of aromatic nitrogens is 3. The fourth-order valence-electron chi connectivity index (χ4n) is 2.68. The van der Waals surface area contributed by atoms with E-state index in [0.717, 1.165) is 17.7 Å². The second-order valence-electron chi connectivity index (χ2n) is 5.91. The van der Waals surface area contributed by atoms with Gasteiger partial charge in [0.2, 0.25) is 0 Å². The number of alkyl halides is 3. The number of hydrogen-bond donors (Lipinski definition) is 2. The molecule has 0 saturated carbocycles. The van der Waals surface area contributed by atoms with E-state index in [1.54, 1.807) is 30.5 Å². The standard InChI is InChI=1S/C20H18F3N5/c1-2-4-14(7-9-24)12-25-18-8-10-28-19(27-18)17(13-26-28)15-5-3-6-16(11-15)20(21,22)23/h2-11,13H,1,12,24H2,(H,25,27)/b9-7-,14-4+. The zero-order valence-corrected chi connectivity index (χ0v) is 14.8. The number of anilines is 1. The van der Waals surface area contributed by atoms with Crippen LogP contribution >= 0.6 is 0 Å². The summed E-state index contributed by atoms with van der Waals surface area (Å²) in [7, 11) is 0. The number of rotatable bonds is 6. The monoisotopic (exact) mass is 385 g/mol. The summed E-state index contributed by atoms with van der Waals surface area (Å²) in [6, 6.07) is 6.83. The Morgan fingerprint density at radius 3 is 2.82 bits per heavy atom. The van der Waals surface area contributed by atoms with Gasteiger partial charge in [0.1, 0.15) is 5.82 Å². The lowest BCUT2D eigenvalue weighted by Gasteiger charge is -2.09. The van der Waals surface area contributed by atoms with E-state index in [9.17, 15) is 13.2 Å². The highest BCUT2D eigenvalue weighted by atomic mass is 19.4. The summed E-state index contributed by atoms with van der Waals surface area (Å²) in [6.45, 7) is 4.11. The number of halogens is 3. The average Bonchev–Trinajstić information content (AvgIpc) is 3.09. The van der Waals surface area contributed by atoms with Crippen LogP contribution in [-0.2, 0) is 6.18 Å². The normalized spacial score (nSPS) is 12.6. The van der Waals surface area contributed by atoms with Crippen LogP contribution in [-0.4, -0.2) is 21.1 Å². The maximum atomic E-state index is 13.0. The second-order valence-corrected chi connectivity index (χ2v) is 5.91. The van der Waals surface area contributed by atoms with Gasteiger partial charge in [-0.1, -0.05) is 30.9 Å². The lowest BCUT2D eigenvalue weighted by atomic mass is 10.1. The third-order valence-electron chi connectivity index (χ3n) is 3.99. The Morgan fingerprint density at radius 2 is 2.11 bits per heavy atom. The number of hydrogen-bond acceptors (Lipinski definition) is 4. The number of allylic oxidation sites excluding steroid dienone is 2. The average molecular weight is 385 g/mol. The Morgan fingerprint density at radius 1 is 1.29 bits per heavy atom. The number of nitrogens with two attached hydrogens (primary N) is 1. The molecule has 3 N–H and O–H groups in total. The first-order valence-corrected chi connectivity index (χ1v) is 8.38. The molecule has 0 aliphatic rings. The van der Waals surface area contributed by atoms with E-state index in [0.29, 0.717) is 29.1 Å². The molecule has 2 heterocycles. The predicted octanol–water partition coefficient (Wildman–Crippen LogP) is 4.41. The van der Waals surface area contributed by atoms with Crippen LogP contribution < -0.4 is 11.1 Å². The van der Waals surface area contributed by atoms with E-state index in [1.165, 1.54) is 23.0 Å². The Kier molecular flexibility index (Phi) is 5.49. The molecule has 0 fully saturated rings. The first kappa shape index (κ1) is 19.2. The van der Waals surface area contributed by atoms with Crippen LogP contribution in [0.25, 0.3) is 16.8 Å². The Hall–Kier alpha value is -3.55. The molecule has 5 nitrogen and oxygen atoms in total. The smallest absolute Gasteiger partial charge is 0.405 e. The summed E-state index contributed by atoms with van der Waals surface area (Å²) in [4.78, 5) is 4.50. The van der Waals surface area contributed by atoms with Crippen molar-refractivity contribution in [2.24, 2.45) is 5.73 Å². The molecule has 0 atom stereocenters. The summed E-state index contributed by atoms with van der Waals surface area (Å²) in [5.74, 6) is 0.557. The highest BCUT2D eigenvalue weighted by Gasteiger charge is 2.30. The first-order valence-electron chi connectivity index (χ1n) is 8.38. The molecule has 0 spiro atoms. The van der Waals surface area contributed by atoms with Crippen LogP contribution in [0.2, 0.25) is 0 Å². The van der Waals surface area contributed by atoms with Gasteiger partial charge in [0, 0.05) is 18.3 Å². The van der Waals surface area contributed by atoms with E-state index in [1.807, 2.05) is 6.08 Å². The van der Waals surface area contributed by atoms with Crippen molar-refractivity contribution in [1.29, 1.82) is 0 Å². The van der Waals surface area contributed by atoms with Gasteiger partial charge >= 0.3 is 6.18 Å². The van der Waals surface area contributed by atoms with Gasteiger partial charge in [-0.05, 0) is 41.6 Å². The molecule has 0 amide bonds. The molecule has 3 rings (SSSR count). The van der Waals surface area contributed by atoms with Gasteiger partial charge in [-0.25, -0.2) is 9.50 Å². The second kappa shape index (κ2) is 7.99. The third kappa shape index (κ3) is 4.22. The minimum atomic E-state index is -4.41. The van der Waals surface area contributed by atoms with E-state index in [4.69, 9.17) is 5.73 Å². The lowest BCUT2D eigenvalue weighted by molar-refractivity contribution is -0.137. The van der Waals surface area contributed by atoms with Gasteiger partial charge in [-0.3, -0.25) is 0 Å². The van der Waals surface area contributed by atoms with Crippen molar-refractivity contribution in [2.45, 2.75) is 6.18 Å². The molecular weight excluding hydrogens is 367 g/mol. The Balaban J connectivity index is 1.93. The number of benzene rings is 1. The SMILES string of the molecule is C=C/C=C(\C=C/N)CNc1ccn2ncc(-c3cccc(C(F)(F)F)c3)c2n1. The van der Waals surface area contributed by atoms with E-state index < -0.39 is 11.7 Å².